The highest BCUT2D eigenvalue weighted by Gasteiger charge is 2.27. The number of aryl methyl sites for hydroxylation is 1. The first-order valence-corrected chi connectivity index (χ1v) is 10.5. The van der Waals surface area contributed by atoms with Gasteiger partial charge in [-0.25, -0.2) is 4.79 Å². The van der Waals surface area contributed by atoms with Crippen molar-refractivity contribution in [3.8, 4) is 0 Å². The Hall–Kier alpha value is -2.67. The number of thiophene rings is 1. The predicted molar refractivity (Wildman–Crippen MR) is 115 cm³/mol. The van der Waals surface area contributed by atoms with E-state index in [2.05, 4.69) is 10.6 Å². The SMILES string of the molecule is Cc1cccc(C(C)C)c1NC(=O)COC(=O)[C@H](NC(=O)c1cccs1)C(C)C. The summed E-state index contributed by atoms with van der Waals surface area (Å²) in [5.74, 6) is -1.32. The molecule has 156 valence electrons. The molecule has 7 heteroatoms. The third-order valence-electron chi connectivity index (χ3n) is 4.49. The summed E-state index contributed by atoms with van der Waals surface area (Å²) in [4.78, 5) is 37.6. The van der Waals surface area contributed by atoms with E-state index >= 15 is 0 Å². The van der Waals surface area contributed by atoms with Gasteiger partial charge in [0.25, 0.3) is 11.8 Å². The topological polar surface area (TPSA) is 84.5 Å². The molecule has 6 nitrogen and oxygen atoms in total. The number of carbonyl (C=O) groups excluding carboxylic acids is 3. The van der Waals surface area contributed by atoms with Crippen molar-refractivity contribution in [2.45, 2.75) is 46.6 Å². The first kappa shape index (κ1) is 22.6. The summed E-state index contributed by atoms with van der Waals surface area (Å²) in [5, 5.41) is 7.33. The van der Waals surface area contributed by atoms with Gasteiger partial charge < -0.3 is 15.4 Å². The average Bonchev–Trinajstić information content (AvgIpc) is 3.20. The van der Waals surface area contributed by atoms with Gasteiger partial charge in [0.1, 0.15) is 6.04 Å². The Morgan fingerprint density at radius 1 is 1.07 bits per heavy atom. The zero-order valence-corrected chi connectivity index (χ0v) is 18.3. The van der Waals surface area contributed by atoms with Crippen molar-refractivity contribution in [3.63, 3.8) is 0 Å². The summed E-state index contributed by atoms with van der Waals surface area (Å²) in [6.45, 7) is 9.22. The molecule has 0 aliphatic heterocycles. The molecule has 1 aromatic heterocycles. The van der Waals surface area contributed by atoms with Crippen LogP contribution in [-0.2, 0) is 14.3 Å². The summed E-state index contributed by atoms with van der Waals surface area (Å²) in [5.41, 5.74) is 2.71. The van der Waals surface area contributed by atoms with E-state index in [0.717, 1.165) is 16.8 Å². The molecule has 0 unspecified atom stereocenters. The van der Waals surface area contributed by atoms with Crippen molar-refractivity contribution in [1.82, 2.24) is 5.32 Å². The highest BCUT2D eigenvalue weighted by molar-refractivity contribution is 7.12. The quantitative estimate of drug-likeness (QED) is 0.634. The van der Waals surface area contributed by atoms with E-state index in [0.29, 0.717) is 4.88 Å². The van der Waals surface area contributed by atoms with Crippen LogP contribution < -0.4 is 10.6 Å². The van der Waals surface area contributed by atoms with Gasteiger partial charge in [-0.3, -0.25) is 9.59 Å². The molecule has 0 radical (unpaired) electrons. The smallest absolute Gasteiger partial charge is 0.329 e. The standard InChI is InChI=1S/C22H28N2O4S/c1-13(2)16-9-6-8-15(5)20(16)23-18(25)12-28-22(27)19(14(3)4)24-21(26)17-10-7-11-29-17/h6-11,13-14,19H,12H2,1-5H3,(H,23,25)(H,24,26)/t19-/m1/s1. The van der Waals surface area contributed by atoms with Crippen LogP contribution in [0.5, 0.6) is 0 Å². The van der Waals surface area contributed by atoms with E-state index in [-0.39, 0.29) is 17.7 Å². The summed E-state index contributed by atoms with van der Waals surface area (Å²) < 4.78 is 5.20. The molecule has 2 aromatic rings. The van der Waals surface area contributed by atoms with Crippen LogP contribution in [0.4, 0.5) is 5.69 Å². The molecule has 0 bridgehead atoms. The highest BCUT2D eigenvalue weighted by atomic mass is 32.1. The number of ether oxygens (including phenoxy) is 1. The number of hydrogen-bond donors (Lipinski definition) is 2. The Morgan fingerprint density at radius 2 is 1.79 bits per heavy atom. The maximum atomic E-state index is 12.5. The van der Waals surface area contributed by atoms with Crippen molar-refractivity contribution in [2.75, 3.05) is 11.9 Å². The van der Waals surface area contributed by atoms with E-state index in [1.165, 1.54) is 11.3 Å². The monoisotopic (exact) mass is 416 g/mol. The molecule has 0 fully saturated rings. The van der Waals surface area contributed by atoms with Crippen LogP contribution in [0.25, 0.3) is 0 Å². The summed E-state index contributed by atoms with van der Waals surface area (Å²) in [6, 6.07) is 8.46. The zero-order chi connectivity index (χ0) is 21.6. The molecule has 2 amide bonds. The molecule has 0 aliphatic rings. The Morgan fingerprint density at radius 3 is 2.38 bits per heavy atom. The van der Waals surface area contributed by atoms with E-state index in [1.807, 2.05) is 52.8 Å². The number of carbonyl (C=O) groups is 3. The third kappa shape index (κ3) is 6.15. The van der Waals surface area contributed by atoms with Crippen LogP contribution in [0.3, 0.4) is 0 Å². The number of hydrogen-bond acceptors (Lipinski definition) is 5. The van der Waals surface area contributed by atoms with Gasteiger partial charge in [-0.15, -0.1) is 11.3 Å². The fourth-order valence-corrected chi connectivity index (χ4v) is 3.49. The lowest BCUT2D eigenvalue weighted by molar-refractivity contribution is -0.150. The van der Waals surface area contributed by atoms with Crippen LogP contribution >= 0.6 is 11.3 Å². The minimum Gasteiger partial charge on any atom is -0.454 e. The number of esters is 1. The Bertz CT molecular complexity index is 860. The van der Waals surface area contributed by atoms with Crippen LogP contribution in [0.2, 0.25) is 0 Å². The Labute approximate surface area is 175 Å². The molecule has 0 saturated heterocycles. The lowest BCUT2D eigenvalue weighted by atomic mass is 9.98. The lowest BCUT2D eigenvalue weighted by Crippen LogP contribution is -2.45. The van der Waals surface area contributed by atoms with Gasteiger partial charge >= 0.3 is 5.97 Å². The molecular formula is C22H28N2O4S. The van der Waals surface area contributed by atoms with Gasteiger partial charge in [-0.1, -0.05) is 52.0 Å². The van der Waals surface area contributed by atoms with Gasteiger partial charge in [0.2, 0.25) is 0 Å². The molecule has 1 heterocycles. The first-order chi connectivity index (χ1) is 13.7. The van der Waals surface area contributed by atoms with Gasteiger partial charge in [0.15, 0.2) is 6.61 Å². The molecule has 29 heavy (non-hydrogen) atoms. The number of benzene rings is 1. The van der Waals surface area contributed by atoms with Crippen LogP contribution in [0, 0.1) is 12.8 Å². The van der Waals surface area contributed by atoms with Crippen LogP contribution in [0.1, 0.15) is 54.4 Å². The van der Waals surface area contributed by atoms with Crippen LogP contribution in [0.15, 0.2) is 35.7 Å². The van der Waals surface area contributed by atoms with E-state index in [1.54, 1.807) is 17.5 Å². The van der Waals surface area contributed by atoms with Gasteiger partial charge in [0.05, 0.1) is 4.88 Å². The molecule has 0 aliphatic carbocycles. The molecular weight excluding hydrogens is 388 g/mol. The Balaban J connectivity index is 1.98. The molecule has 2 N–H and O–H groups in total. The minimum atomic E-state index is -0.831. The van der Waals surface area contributed by atoms with E-state index in [9.17, 15) is 14.4 Å². The summed E-state index contributed by atoms with van der Waals surface area (Å²) in [6.07, 6.45) is 0. The Kier molecular flexibility index (Phi) is 7.96. The second-order valence-corrected chi connectivity index (χ2v) is 8.47. The number of rotatable bonds is 8. The fraction of sp³-hybridized carbons (Fsp3) is 0.409. The molecule has 1 aromatic carbocycles. The third-order valence-corrected chi connectivity index (χ3v) is 5.36. The van der Waals surface area contributed by atoms with Crippen molar-refractivity contribution in [1.29, 1.82) is 0 Å². The predicted octanol–water partition coefficient (Wildman–Crippen LogP) is 4.12. The summed E-state index contributed by atoms with van der Waals surface area (Å²) in [7, 11) is 0. The molecule has 1 atom stereocenters. The van der Waals surface area contributed by atoms with Crippen LogP contribution in [-0.4, -0.2) is 30.4 Å². The molecule has 2 rings (SSSR count). The number of amides is 2. The maximum absolute atomic E-state index is 12.5. The van der Waals surface area contributed by atoms with Gasteiger partial charge in [-0.05, 0) is 41.3 Å². The number of anilines is 1. The zero-order valence-electron chi connectivity index (χ0n) is 17.4. The minimum absolute atomic E-state index is 0.182. The van der Waals surface area contributed by atoms with Crippen molar-refractivity contribution < 1.29 is 19.1 Å². The van der Waals surface area contributed by atoms with E-state index < -0.39 is 24.5 Å². The number of nitrogens with one attached hydrogen (secondary N) is 2. The van der Waals surface area contributed by atoms with E-state index in [4.69, 9.17) is 4.74 Å². The highest BCUT2D eigenvalue weighted by Crippen LogP contribution is 2.27. The first-order valence-electron chi connectivity index (χ1n) is 9.61. The van der Waals surface area contributed by atoms with Gasteiger partial charge in [-0.2, -0.15) is 0 Å². The average molecular weight is 417 g/mol. The van der Waals surface area contributed by atoms with Crippen molar-refractivity contribution in [3.05, 3.63) is 51.7 Å². The van der Waals surface area contributed by atoms with Crippen molar-refractivity contribution in [2.24, 2.45) is 5.92 Å². The van der Waals surface area contributed by atoms with Crippen molar-refractivity contribution >= 4 is 34.8 Å². The van der Waals surface area contributed by atoms with Gasteiger partial charge in [0, 0.05) is 5.69 Å². The second kappa shape index (κ2) is 10.2. The largest absolute Gasteiger partial charge is 0.454 e. The molecule has 0 saturated carbocycles. The number of para-hydroxylation sites is 1. The fourth-order valence-electron chi connectivity index (χ4n) is 2.86. The normalized spacial score (nSPS) is 12.0. The maximum Gasteiger partial charge on any atom is 0.329 e. The summed E-state index contributed by atoms with van der Waals surface area (Å²) >= 11 is 1.29. The molecule has 0 spiro atoms. The second-order valence-electron chi connectivity index (χ2n) is 7.52. The lowest BCUT2D eigenvalue weighted by Gasteiger charge is -2.21.